The third kappa shape index (κ3) is 4.57. The van der Waals surface area contributed by atoms with Gasteiger partial charge in [0.15, 0.2) is 11.8 Å². The highest BCUT2D eigenvalue weighted by atomic mass is 35.5. The molecular formula is C28H30ClFN4O5. The van der Waals surface area contributed by atoms with E-state index in [0.29, 0.717) is 52.5 Å². The number of carbonyl (C=O) groups is 1. The van der Waals surface area contributed by atoms with E-state index in [9.17, 15) is 9.90 Å². The van der Waals surface area contributed by atoms with Crippen molar-refractivity contribution in [2.24, 2.45) is 0 Å². The van der Waals surface area contributed by atoms with Gasteiger partial charge in [0.05, 0.1) is 29.4 Å². The van der Waals surface area contributed by atoms with Crippen LogP contribution in [0.4, 0.5) is 4.39 Å². The number of rotatable bonds is 5. The molecule has 3 saturated heterocycles. The number of aromatic nitrogens is 3. The zero-order valence-corrected chi connectivity index (χ0v) is 22.1. The van der Waals surface area contributed by atoms with Crippen molar-refractivity contribution in [2.75, 3.05) is 26.3 Å². The molecule has 3 fully saturated rings. The number of pyridine rings is 1. The van der Waals surface area contributed by atoms with Crippen LogP contribution in [-0.2, 0) is 22.3 Å². The Morgan fingerprint density at radius 3 is 2.82 bits per heavy atom. The molecule has 1 aliphatic carbocycles. The van der Waals surface area contributed by atoms with Gasteiger partial charge in [0.25, 0.3) is 11.9 Å². The lowest BCUT2D eigenvalue weighted by Gasteiger charge is -2.27. The molecule has 0 saturated carbocycles. The highest BCUT2D eigenvalue weighted by Gasteiger charge is 2.48. The van der Waals surface area contributed by atoms with Crippen LogP contribution in [-0.4, -0.2) is 81.6 Å². The van der Waals surface area contributed by atoms with E-state index in [1.807, 2.05) is 11.0 Å². The number of aliphatic hydroxyl groups excluding tert-OH is 1. The van der Waals surface area contributed by atoms with E-state index in [1.54, 1.807) is 6.07 Å². The van der Waals surface area contributed by atoms with Crippen LogP contribution in [0.25, 0.3) is 11.2 Å². The number of fused-ring (bicyclic) bond motifs is 3. The fraction of sp³-hybridized carbons (Fsp3) is 0.536. The van der Waals surface area contributed by atoms with Crippen molar-refractivity contribution >= 4 is 28.7 Å². The Balaban J connectivity index is 1.09. The molecule has 39 heavy (non-hydrogen) atoms. The first kappa shape index (κ1) is 25.2. The summed E-state index contributed by atoms with van der Waals surface area (Å²) in [5, 5.41) is 10.4. The Hall–Kier alpha value is -2.79. The van der Waals surface area contributed by atoms with Crippen LogP contribution in [0.1, 0.15) is 58.8 Å². The normalized spacial score (nSPS) is 28.2. The number of aromatic amines is 1. The molecule has 1 amide bonds. The lowest BCUT2D eigenvalue weighted by Crippen LogP contribution is -2.35. The number of ether oxygens (including phenoxy) is 3. The molecule has 2 N–H and O–H groups in total. The Labute approximate surface area is 229 Å². The van der Waals surface area contributed by atoms with Crippen molar-refractivity contribution in [3.05, 3.63) is 51.4 Å². The summed E-state index contributed by atoms with van der Waals surface area (Å²) in [7, 11) is 0. The second-order valence-corrected chi connectivity index (χ2v) is 11.4. The summed E-state index contributed by atoms with van der Waals surface area (Å²) in [4.78, 5) is 27.1. The van der Waals surface area contributed by atoms with E-state index < -0.39 is 18.3 Å². The minimum atomic E-state index is -0.658. The second kappa shape index (κ2) is 9.99. The largest absolute Gasteiger partial charge is 0.456 e. The first-order valence-electron chi connectivity index (χ1n) is 13.7. The molecule has 1 aromatic carbocycles. The zero-order chi connectivity index (χ0) is 26.7. The number of imidazole rings is 1. The Bertz CT molecular complexity index is 1430. The number of likely N-dealkylation sites (tertiary alicyclic amines) is 1. The summed E-state index contributed by atoms with van der Waals surface area (Å²) < 4.78 is 32.6. The number of aryl methyl sites for hydroxylation is 1. The number of aliphatic hydroxyl groups is 1. The summed E-state index contributed by atoms with van der Waals surface area (Å²) >= 11 is 6.61. The number of piperidine rings is 1. The lowest BCUT2D eigenvalue weighted by atomic mass is 9.94. The maximum absolute atomic E-state index is 15.4. The second-order valence-electron chi connectivity index (χ2n) is 11.0. The van der Waals surface area contributed by atoms with Crippen LogP contribution in [0, 0.1) is 5.82 Å². The fourth-order valence-electron chi connectivity index (χ4n) is 6.47. The van der Waals surface area contributed by atoms with Crippen LogP contribution < -0.4 is 4.74 Å². The Morgan fingerprint density at radius 2 is 1.97 bits per heavy atom. The van der Waals surface area contributed by atoms with Gasteiger partial charge in [-0.1, -0.05) is 11.6 Å². The molecule has 3 aliphatic heterocycles. The van der Waals surface area contributed by atoms with E-state index in [2.05, 4.69) is 15.0 Å². The number of benzene rings is 1. The van der Waals surface area contributed by atoms with Crippen molar-refractivity contribution < 1.29 is 28.5 Å². The number of carbonyl (C=O) groups excluding carboxylic acids is 1. The van der Waals surface area contributed by atoms with Crippen LogP contribution in [0.5, 0.6) is 6.01 Å². The standard InChI is InChI=1S/C28H30ClFN4O5/c29-17-11-20-26(33-28(32-20)39-22-13-38-24-21(35)12-37-25(22)24)31-19(17)10-15-5-4-14-8-16(9-18(30)23(14)15)27(36)34-6-2-1-3-7-34/h8-9,11,15,21-22,24-25,35H,1-7,10,12-13H2,(H,31,32,33)/t15?,21-,22-,24-,25-/m1/s1. The summed E-state index contributed by atoms with van der Waals surface area (Å²) in [6, 6.07) is 5.30. The van der Waals surface area contributed by atoms with E-state index in [1.165, 1.54) is 6.07 Å². The molecule has 5 atom stereocenters. The summed E-state index contributed by atoms with van der Waals surface area (Å²) in [5.41, 5.74) is 3.70. The average Bonchev–Trinajstić information content (AvgIpc) is 3.71. The molecule has 7 rings (SSSR count). The van der Waals surface area contributed by atoms with Gasteiger partial charge in [-0.15, -0.1) is 0 Å². The molecule has 9 nitrogen and oxygen atoms in total. The first-order valence-corrected chi connectivity index (χ1v) is 14.1. The topological polar surface area (TPSA) is 110 Å². The van der Waals surface area contributed by atoms with Crippen LogP contribution >= 0.6 is 11.6 Å². The Morgan fingerprint density at radius 1 is 1.15 bits per heavy atom. The van der Waals surface area contributed by atoms with Crippen molar-refractivity contribution in [3.8, 4) is 6.01 Å². The third-order valence-electron chi connectivity index (χ3n) is 8.44. The summed E-state index contributed by atoms with van der Waals surface area (Å²) in [5.74, 6) is -0.504. The predicted molar refractivity (Wildman–Crippen MR) is 140 cm³/mol. The van der Waals surface area contributed by atoms with Gasteiger partial charge in [-0.2, -0.15) is 4.98 Å². The number of amides is 1. The number of nitrogens with one attached hydrogen (secondary N) is 1. The smallest absolute Gasteiger partial charge is 0.296 e. The molecule has 4 aliphatic rings. The number of H-pyrrole nitrogens is 1. The molecule has 1 unspecified atom stereocenters. The predicted octanol–water partition coefficient (Wildman–Crippen LogP) is 3.55. The maximum atomic E-state index is 15.4. The van der Waals surface area contributed by atoms with Crippen LogP contribution in [0.2, 0.25) is 5.02 Å². The molecule has 2 aromatic heterocycles. The Kier molecular flexibility index (Phi) is 6.46. The monoisotopic (exact) mass is 556 g/mol. The van der Waals surface area contributed by atoms with E-state index in [0.717, 1.165) is 44.3 Å². The van der Waals surface area contributed by atoms with Gasteiger partial charge in [-0.3, -0.25) is 4.79 Å². The lowest BCUT2D eigenvalue weighted by molar-refractivity contribution is 0.00706. The summed E-state index contributed by atoms with van der Waals surface area (Å²) in [6.07, 6.45) is 3.26. The van der Waals surface area contributed by atoms with Gasteiger partial charge in [-0.05, 0) is 73.8 Å². The molecule has 206 valence electrons. The molecule has 0 spiro atoms. The van der Waals surface area contributed by atoms with E-state index in [4.69, 9.17) is 25.8 Å². The van der Waals surface area contributed by atoms with Gasteiger partial charge in [-0.25, -0.2) is 9.37 Å². The number of halogens is 2. The average molecular weight is 557 g/mol. The number of hydrogen-bond acceptors (Lipinski definition) is 7. The highest BCUT2D eigenvalue weighted by Crippen LogP contribution is 2.39. The van der Waals surface area contributed by atoms with E-state index >= 15 is 4.39 Å². The van der Waals surface area contributed by atoms with Crippen molar-refractivity contribution in [3.63, 3.8) is 0 Å². The minimum absolute atomic E-state index is 0.0815. The molecule has 0 radical (unpaired) electrons. The van der Waals surface area contributed by atoms with Gasteiger partial charge in [0.1, 0.15) is 24.1 Å². The molecule has 11 heteroatoms. The number of nitrogens with zero attached hydrogens (tertiary/aromatic N) is 3. The molecule has 0 bridgehead atoms. The minimum Gasteiger partial charge on any atom is -0.456 e. The van der Waals surface area contributed by atoms with Gasteiger partial charge in [0, 0.05) is 18.7 Å². The highest BCUT2D eigenvalue weighted by molar-refractivity contribution is 6.31. The van der Waals surface area contributed by atoms with E-state index in [-0.39, 0.29) is 36.4 Å². The SMILES string of the molecule is O=C(c1cc(F)c2c(c1)CCC2Cc1nc2nc(O[C@@H]3CO[C@H]4[C@@H]3OC[C@H]4O)[nH]c2cc1Cl)N1CCCCC1. The van der Waals surface area contributed by atoms with Gasteiger partial charge < -0.3 is 29.2 Å². The summed E-state index contributed by atoms with van der Waals surface area (Å²) in [6.45, 7) is 1.98. The zero-order valence-electron chi connectivity index (χ0n) is 21.4. The molecule has 5 heterocycles. The van der Waals surface area contributed by atoms with Gasteiger partial charge in [0.2, 0.25) is 0 Å². The van der Waals surface area contributed by atoms with Crippen LogP contribution in [0.3, 0.4) is 0 Å². The quantitative estimate of drug-likeness (QED) is 0.494. The first-order chi connectivity index (χ1) is 18.9. The fourth-order valence-corrected chi connectivity index (χ4v) is 6.70. The van der Waals surface area contributed by atoms with Gasteiger partial charge >= 0.3 is 0 Å². The third-order valence-corrected chi connectivity index (χ3v) is 8.77. The molecule has 3 aromatic rings. The van der Waals surface area contributed by atoms with Crippen molar-refractivity contribution in [1.82, 2.24) is 19.9 Å². The van der Waals surface area contributed by atoms with Crippen molar-refractivity contribution in [1.29, 1.82) is 0 Å². The molecular weight excluding hydrogens is 527 g/mol. The van der Waals surface area contributed by atoms with Crippen LogP contribution in [0.15, 0.2) is 18.2 Å². The van der Waals surface area contributed by atoms with Crippen molar-refractivity contribution in [2.45, 2.75) is 68.9 Å². The maximum Gasteiger partial charge on any atom is 0.296 e. The number of hydrogen-bond donors (Lipinski definition) is 2.